The molecule has 134 valence electrons. The lowest BCUT2D eigenvalue weighted by molar-refractivity contribution is 0.352. The van der Waals surface area contributed by atoms with Gasteiger partial charge in [0.15, 0.2) is 5.96 Å². The Morgan fingerprint density at radius 2 is 2.12 bits per heavy atom. The third-order valence-electron chi connectivity index (χ3n) is 4.68. The van der Waals surface area contributed by atoms with Gasteiger partial charge < -0.3 is 14.8 Å². The monoisotopic (exact) mass is 360 g/mol. The highest BCUT2D eigenvalue weighted by atomic mass is 35.5. The highest BCUT2D eigenvalue weighted by Gasteiger charge is 2.22. The molecule has 0 amide bonds. The zero-order valence-electron chi connectivity index (χ0n) is 15.0. The summed E-state index contributed by atoms with van der Waals surface area (Å²) in [5, 5.41) is 12.7. The Labute approximate surface area is 153 Å². The normalized spacial score (nSPS) is 17.3. The average Bonchev–Trinajstić information content (AvgIpc) is 2.98. The van der Waals surface area contributed by atoms with Crippen LogP contribution in [0.15, 0.2) is 29.3 Å². The first-order valence-electron chi connectivity index (χ1n) is 8.61. The van der Waals surface area contributed by atoms with E-state index in [-0.39, 0.29) is 0 Å². The van der Waals surface area contributed by atoms with Gasteiger partial charge in [-0.05, 0) is 37.0 Å². The maximum absolute atomic E-state index is 5.95. The highest BCUT2D eigenvalue weighted by molar-refractivity contribution is 6.30. The minimum atomic E-state index is 0.558. The zero-order valence-corrected chi connectivity index (χ0v) is 15.8. The van der Waals surface area contributed by atoms with Crippen LogP contribution < -0.4 is 5.32 Å². The second-order valence-corrected chi connectivity index (χ2v) is 7.03. The fourth-order valence-corrected chi connectivity index (χ4v) is 3.38. The minimum absolute atomic E-state index is 0.558. The number of nitrogens with zero attached hydrogens (tertiary/aromatic N) is 5. The molecule has 0 spiro atoms. The number of fused-ring (bicyclic) bond motifs is 1. The van der Waals surface area contributed by atoms with Gasteiger partial charge in [0.25, 0.3) is 0 Å². The van der Waals surface area contributed by atoms with Gasteiger partial charge in [-0.25, -0.2) is 0 Å². The van der Waals surface area contributed by atoms with Crippen molar-refractivity contribution < 1.29 is 0 Å². The second kappa shape index (κ2) is 7.87. The summed E-state index contributed by atoms with van der Waals surface area (Å²) in [6.07, 6.45) is 2.12. The average molecular weight is 361 g/mol. The number of rotatable bonds is 4. The Kier molecular flexibility index (Phi) is 5.58. The Bertz CT molecular complexity index is 737. The molecule has 0 radical (unpaired) electrons. The van der Waals surface area contributed by atoms with Crippen LogP contribution in [0.4, 0.5) is 0 Å². The highest BCUT2D eigenvalue weighted by Crippen LogP contribution is 2.19. The van der Waals surface area contributed by atoms with Crippen molar-refractivity contribution in [3.63, 3.8) is 0 Å². The summed E-state index contributed by atoms with van der Waals surface area (Å²) in [7, 11) is 3.87. The van der Waals surface area contributed by atoms with Crippen molar-refractivity contribution in [3.8, 4) is 0 Å². The Balaban J connectivity index is 1.54. The standard InChI is InChI=1S/C18H25ClN6/c1-13-22-23-17-9-6-15(12-25(13)17)10-21-18(20-2)24(3)11-14-4-7-16(19)8-5-14/h4-5,7-8,15H,6,9-12H2,1-3H3,(H,20,21). The number of halogens is 1. The van der Waals surface area contributed by atoms with Crippen LogP contribution in [0, 0.1) is 12.8 Å². The molecular weight excluding hydrogens is 336 g/mol. The predicted molar refractivity (Wildman–Crippen MR) is 101 cm³/mol. The predicted octanol–water partition coefficient (Wildman–Crippen LogP) is 2.51. The summed E-state index contributed by atoms with van der Waals surface area (Å²) in [5.41, 5.74) is 1.21. The smallest absolute Gasteiger partial charge is 0.193 e. The van der Waals surface area contributed by atoms with Gasteiger partial charge in [0, 0.05) is 45.2 Å². The lowest BCUT2D eigenvalue weighted by atomic mass is 9.99. The SMILES string of the molecule is CN=C(NCC1CCc2nnc(C)n2C1)N(C)Cc1ccc(Cl)cc1. The first-order chi connectivity index (χ1) is 12.1. The number of aliphatic imine (C=N–C) groups is 1. The molecule has 0 saturated carbocycles. The van der Waals surface area contributed by atoms with Crippen molar-refractivity contribution in [2.75, 3.05) is 20.6 Å². The molecule has 1 aliphatic heterocycles. The molecule has 7 heteroatoms. The molecule has 2 heterocycles. The van der Waals surface area contributed by atoms with Crippen molar-refractivity contribution in [1.82, 2.24) is 25.0 Å². The lowest BCUT2D eigenvalue weighted by Crippen LogP contribution is -2.42. The molecule has 1 atom stereocenters. The van der Waals surface area contributed by atoms with E-state index in [0.717, 1.165) is 55.1 Å². The molecule has 3 rings (SSSR count). The van der Waals surface area contributed by atoms with Crippen LogP contribution in [0.5, 0.6) is 0 Å². The van der Waals surface area contributed by atoms with E-state index in [4.69, 9.17) is 11.6 Å². The van der Waals surface area contributed by atoms with Gasteiger partial charge in [-0.3, -0.25) is 4.99 Å². The van der Waals surface area contributed by atoms with E-state index >= 15 is 0 Å². The van der Waals surface area contributed by atoms with Crippen molar-refractivity contribution in [2.24, 2.45) is 10.9 Å². The van der Waals surface area contributed by atoms with E-state index in [1.54, 1.807) is 0 Å². The Morgan fingerprint density at radius 3 is 2.84 bits per heavy atom. The van der Waals surface area contributed by atoms with Gasteiger partial charge >= 0.3 is 0 Å². The summed E-state index contributed by atoms with van der Waals surface area (Å²) in [6, 6.07) is 7.93. The summed E-state index contributed by atoms with van der Waals surface area (Å²) >= 11 is 5.95. The van der Waals surface area contributed by atoms with Crippen LogP contribution in [0.25, 0.3) is 0 Å². The van der Waals surface area contributed by atoms with Crippen LogP contribution in [-0.2, 0) is 19.5 Å². The number of aryl methyl sites for hydroxylation is 2. The van der Waals surface area contributed by atoms with Crippen molar-refractivity contribution in [2.45, 2.75) is 32.9 Å². The number of hydrogen-bond donors (Lipinski definition) is 1. The van der Waals surface area contributed by atoms with Gasteiger partial charge in [0.05, 0.1) is 0 Å². The van der Waals surface area contributed by atoms with E-state index in [0.29, 0.717) is 5.92 Å². The van der Waals surface area contributed by atoms with Gasteiger partial charge in [-0.1, -0.05) is 23.7 Å². The van der Waals surface area contributed by atoms with E-state index in [1.807, 2.05) is 45.3 Å². The molecule has 0 saturated heterocycles. The molecule has 1 aliphatic rings. The van der Waals surface area contributed by atoms with Crippen LogP contribution in [0.2, 0.25) is 5.02 Å². The number of aromatic nitrogens is 3. The zero-order chi connectivity index (χ0) is 17.8. The fourth-order valence-electron chi connectivity index (χ4n) is 3.26. The molecular formula is C18H25ClN6. The Hall–Kier alpha value is -2.08. The lowest BCUT2D eigenvalue weighted by Gasteiger charge is -2.27. The van der Waals surface area contributed by atoms with Crippen molar-refractivity contribution in [3.05, 3.63) is 46.5 Å². The van der Waals surface area contributed by atoms with E-state index in [2.05, 4.69) is 30.0 Å². The summed E-state index contributed by atoms with van der Waals surface area (Å²) in [5.74, 6) is 3.58. The molecule has 1 unspecified atom stereocenters. The third-order valence-corrected chi connectivity index (χ3v) is 4.94. The largest absolute Gasteiger partial charge is 0.356 e. The van der Waals surface area contributed by atoms with Gasteiger partial charge in [-0.15, -0.1) is 10.2 Å². The summed E-state index contributed by atoms with van der Waals surface area (Å²) in [6.45, 7) is 4.68. The van der Waals surface area contributed by atoms with E-state index in [9.17, 15) is 0 Å². The maximum Gasteiger partial charge on any atom is 0.193 e. The Morgan fingerprint density at radius 1 is 1.36 bits per heavy atom. The summed E-state index contributed by atoms with van der Waals surface area (Å²) < 4.78 is 2.23. The summed E-state index contributed by atoms with van der Waals surface area (Å²) in [4.78, 5) is 6.54. The molecule has 6 nitrogen and oxygen atoms in total. The molecule has 1 aromatic carbocycles. The van der Waals surface area contributed by atoms with Crippen LogP contribution >= 0.6 is 11.6 Å². The first-order valence-corrected chi connectivity index (χ1v) is 8.99. The van der Waals surface area contributed by atoms with Crippen LogP contribution in [0.3, 0.4) is 0 Å². The van der Waals surface area contributed by atoms with E-state index in [1.165, 1.54) is 5.56 Å². The van der Waals surface area contributed by atoms with Gasteiger partial charge in [-0.2, -0.15) is 0 Å². The van der Waals surface area contributed by atoms with Gasteiger partial charge in [0.1, 0.15) is 11.6 Å². The quantitative estimate of drug-likeness (QED) is 0.672. The first kappa shape index (κ1) is 17.7. The van der Waals surface area contributed by atoms with Crippen LogP contribution in [0.1, 0.15) is 23.6 Å². The van der Waals surface area contributed by atoms with Crippen LogP contribution in [-0.4, -0.2) is 46.3 Å². The number of hydrogen-bond acceptors (Lipinski definition) is 3. The van der Waals surface area contributed by atoms with E-state index < -0.39 is 0 Å². The minimum Gasteiger partial charge on any atom is -0.356 e. The van der Waals surface area contributed by atoms with Crippen molar-refractivity contribution in [1.29, 1.82) is 0 Å². The topological polar surface area (TPSA) is 58.3 Å². The number of nitrogens with one attached hydrogen (secondary N) is 1. The third kappa shape index (κ3) is 4.31. The molecule has 1 aromatic heterocycles. The maximum atomic E-state index is 5.95. The molecule has 25 heavy (non-hydrogen) atoms. The molecule has 1 N–H and O–H groups in total. The number of benzene rings is 1. The molecule has 0 bridgehead atoms. The van der Waals surface area contributed by atoms with Crippen molar-refractivity contribution >= 4 is 17.6 Å². The number of guanidine groups is 1. The molecule has 2 aromatic rings. The molecule has 0 fully saturated rings. The van der Waals surface area contributed by atoms with Gasteiger partial charge in [0.2, 0.25) is 0 Å². The molecule has 0 aliphatic carbocycles. The fraction of sp³-hybridized carbons (Fsp3) is 0.500. The second-order valence-electron chi connectivity index (χ2n) is 6.59.